The van der Waals surface area contributed by atoms with Crippen LogP contribution in [0.3, 0.4) is 0 Å². The summed E-state index contributed by atoms with van der Waals surface area (Å²) in [6, 6.07) is 13.8. The topological polar surface area (TPSA) is 99.1 Å². The van der Waals surface area contributed by atoms with E-state index in [1.807, 2.05) is 58.7 Å². The van der Waals surface area contributed by atoms with Crippen molar-refractivity contribution in [3.63, 3.8) is 0 Å². The summed E-state index contributed by atoms with van der Waals surface area (Å²) in [5.74, 6) is -0.199. The summed E-state index contributed by atoms with van der Waals surface area (Å²) in [6.45, 7) is 3.45. The fourth-order valence-corrected chi connectivity index (χ4v) is 4.30. The maximum Gasteiger partial charge on any atom is 0.312 e. The first-order valence-corrected chi connectivity index (χ1v) is 10.8. The molecule has 4 rings (SSSR count). The molecule has 9 nitrogen and oxygen atoms in total. The van der Waals surface area contributed by atoms with Crippen molar-refractivity contribution in [2.75, 3.05) is 7.05 Å². The van der Waals surface area contributed by atoms with Crippen LogP contribution in [0.4, 0.5) is 5.69 Å². The van der Waals surface area contributed by atoms with Crippen molar-refractivity contribution in [2.45, 2.75) is 26.9 Å². The van der Waals surface area contributed by atoms with Crippen LogP contribution < -0.4 is 0 Å². The Morgan fingerprint density at radius 1 is 1.16 bits per heavy atom. The molecule has 0 aliphatic rings. The van der Waals surface area contributed by atoms with Gasteiger partial charge in [0.1, 0.15) is 23.6 Å². The lowest BCUT2D eigenvalue weighted by Gasteiger charge is -2.17. The summed E-state index contributed by atoms with van der Waals surface area (Å²) in [4.78, 5) is 26.3. The second kappa shape index (κ2) is 8.75. The van der Waals surface area contributed by atoms with Crippen molar-refractivity contribution < 1.29 is 9.72 Å². The van der Waals surface area contributed by atoms with Gasteiger partial charge in [-0.05, 0) is 37.4 Å². The number of nitrogens with zero attached hydrogens (tertiary/aromatic N) is 6. The Balaban J connectivity index is 1.58. The van der Waals surface area contributed by atoms with E-state index in [0.29, 0.717) is 17.9 Å². The maximum absolute atomic E-state index is 12.9. The smallest absolute Gasteiger partial charge is 0.312 e. The van der Waals surface area contributed by atoms with Crippen molar-refractivity contribution >= 4 is 22.9 Å². The molecular formula is C22H22N6O3S. The van der Waals surface area contributed by atoms with Crippen LogP contribution >= 0.6 is 11.3 Å². The highest BCUT2D eigenvalue weighted by molar-refractivity contribution is 7.13. The summed E-state index contributed by atoms with van der Waals surface area (Å²) < 4.78 is 3.20. The number of hydrogen-bond donors (Lipinski definition) is 0. The third-order valence-corrected chi connectivity index (χ3v) is 6.09. The van der Waals surface area contributed by atoms with Gasteiger partial charge in [0.15, 0.2) is 0 Å². The minimum absolute atomic E-state index is 0.0513. The van der Waals surface area contributed by atoms with Gasteiger partial charge in [0, 0.05) is 25.4 Å². The number of amides is 1. The normalized spacial score (nSPS) is 11.0. The quantitative estimate of drug-likeness (QED) is 0.313. The van der Waals surface area contributed by atoms with Crippen molar-refractivity contribution in [2.24, 2.45) is 0 Å². The lowest BCUT2D eigenvalue weighted by atomic mass is 10.2. The molecule has 0 radical (unpaired) electrons. The highest BCUT2D eigenvalue weighted by Crippen LogP contribution is 2.29. The Morgan fingerprint density at radius 3 is 2.53 bits per heavy atom. The minimum Gasteiger partial charge on any atom is -0.340 e. The number of benzene rings is 1. The molecule has 0 unspecified atom stereocenters. The molecule has 0 atom stereocenters. The first kappa shape index (κ1) is 21.4. The van der Waals surface area contributed by atoms with E-state index in [1.54, 1.807) is 37.1 Å². The number of thiophene rings is 1. The van der Waals surface area contributed by atoms with Crippen molar-refractivity contribution in [3.8, 4) is 16.3 Å². The third kappa shape index (κ3) is 4.17. The van der Waals surface area contributed by atoms with Crippen molar-refractivity contribution in [1.29, 1.82) is 0 Å². The molecule has 0 N–H and O–H groups in total. The number of aryl methyl sites for hydroxylation is 1. The molecule has 0 spiro atoms. The van der Waals surface area contributed by atoms with Crippen LogP contribution in [0.5, 0.6) is 0 Å². The molecule has 0 fully saturated rings. The molecule has 0 saturated heterocycles. The van der Waals surface area contributed by atoms with Crippen LogP contribution in [-0.2, 0) is 17.9 Å². The number of carbonyl (C=O) groups excluding carboxylic acids is 1. The Bertz CT molecular complexity index is 1260. The van der Waals surface area contributed by atoms with Gasteiger partial charge in [-0.2, -0.15) is 10.2 Å². The van der Waals surface area contributed by atoms with Gasteiger partial charge in [0.05, 0.1) is 15.5 Å². The zero-order chi connectivity index (χ0) is 22.8. The van der Waals surface area contributed by atoms with Gasteiger partial charge in [0.2, 0.25) is 5.91 Å². The SMILES string of the molecule is Cc1nn(CC(=O)N(C)Cc2cn(-c3ccccc3)nc2-c2cccs2)c(C)c1[N+](=O)[O-]. The summed E-state index contributed by atoms with van der Waals surface area (Å²) in [6.07, 6.45) is 1.93. The van der Waals surface area contributed by atoms with Crippen LogP contribution in [0.2, 0.25) is 0 Å². The van der Waals surface area contributed by atoms with Crippen LogP contribution in [0.25, 0.3) is 16.3 Å². The van der Waals surface area contributed by atoms with Gasteiger partial charge in [-0.25, -0.2) is 4.68 Å². The molecule has 3 aromatic heterocycles. The number of likely N-dealkylation sites (N-methyl/N-ethyl adjacent to an activating group) is 1. The number of hydrogen-bond acceptors (Lipinski definition) is 6. The molecule has 1 aromatic carbocycles. The predicted octanol–water partition coefficient (Wildman–Crippen LogP) is 3.98. The maximum atomic E-state index is 12.9. The largest absolute Gasteiger partial charge is 0.340 e. The highest BCUT2D eigenvalue weighted by atomic mass is 32.1. The number of aromatic nitrogens is 4. The minimum atomic E-state index is -0.465. The van der Waals surface area contributed by atoms with Gasteiger partial charge < -0.3 is 4.90 Å². The molecule has 0 aliphatic carbocycles. The Morgan fingerprint density at radius 2 is 1.91 bits per heavy atom. The zero-order valence-electron chi connectivity index (χ0n) is 17.9. The average Bonchev–Trinajstić information content (AvgIpc) is 3.48. The number of carbonyl (C=O) groups is 1. The lowest BCUT2D eigenvalue weighted by molar-refractivity contribution is -0.386. The second-order valence-electron chi connectivity index (χ2n) is 7.44. The Labute approximate surface area is 188 Å². The average molecular weight is 451 g/mol. The molecular weight excluding hydrogens is 428 g/mol. The molecule has 0 saturated carbocycles. The number of rotatable bonds is 7. The third-order valence-electron chi connectivity index (χ3n) is 5.21. The van der Waals surface area contributed by atoms with Gasteiger partial charge in [-0.3, -0.25) is 19.6 Å². The van der Waals surface area contributed by atoms with Crippen LogP contribution in [0.15, 0.2) is 54.0 Å². The summed E-state index contributed by atoms with van der Waals surface area (Å²) >= 11 is 1.59. The van der Waals surface area contributed by atoms with E-state index in [-0.39, 0.29) is 18.1 Å². The fourth-order valence-electron chi connectivity index (χ4n) is 3.56. The molecule has 1 amide bonds. The van der Waals surface area contributed by atoms with Gasteiger partial charge in [-0.15, -0.1) is 11.3 Å². The molecule has 3 heterocycles. The fraction of sp³-hybridized carbons (Fsp3) is 0.227. The monoisotopic (exact) mass is 450 g/mol. The standard InChI is InChI=1S/C22H22N6O3S/c1-15-22(28(30)31)16(2)26(23-15)14-20(29)25(3)12-17-13-27(18-8-5-4-6-9-18)24-21(17)19-10-7-11-32-19/h4-11,13H,12,14H2,1-3H3. The van der Waals surface area contributed by atoms with Crippen LogP contribution in [0.1, 0.15) is 17.0 Å². The predicted molar refractivity (Wildman–Crippen MR) is 122 cm³/mol. The van der Waals surface area contributed by atoms with E-state index in [2.05, 4.69) is 5.10 Å². The summed E-state index contributed by atoms with van der Waals surface area (Å²) in [5.41, 5.74) is 3.28. The summed E-state index contributed by atoms with van der Waals surface area (Å²) in [7, 11) is 1.71. The Hall–Kier alpha value is -3.79. The zero-order valence-corrected chi connectivity index (χ0v) is 18.7. The molecule has 32 heavy (non-hydrogen) atoms. The van der Waals surface area contributed by atoms with Gasteiger partial charge >= 0.3 is 5.69 Å². The van der Waals surface area contributed by atoms with E-state index in [9.17, 15) is 14.9 Å². The van der Waals surface area contributed by atoms with Crippen molar-refractivity contribution in [3.05, 3.63) is 81.1 Å². The highest BCUT2D eigenvalue weighted by Gasteiger charge is 2.24. The van der Waals surface area contributed by atoms with E-state index >= 15 is 0 Å². The van der Waals surface area contributed by atoms with E-state index in [0.717, 1.165) is 21.8 Å². The van der Waals surface area contributed by atoms with E-state index < -0.39 is 4.92 Å². The molecule has 0 aliphatic heterocycles. The van der Waals surface area contributed by atoms with Crippen molar-refractivity contribution in [1.82, 2.24) is 24.5 Å². The molecule has 4 aromatic rings. The van der Waals surface area contributed by atoms with E-state index in [4.69, 9.17) is 5.10 Å². The number of nitro groups is 1. The summed E-state index contributed by atoms with van der Waals surface area (Å²) in [5, 5.41) is 22.2. The van der Waals surface area contributed by atoms with Crippen LogP contribution in [0, 0.1) is 24.0 Å². The van der Waals surface area contributed by atoms with Crippen LogP contribution in [-0.4, -0.2) is 42.3 Å². The Kier molecular flexibility index (Phi) is 5.87. The van der Waals surface area contributed by atoms with Gasteiger partial charge in [-0.1, -0.05) is 24.3 Å². The first-order chi connectivity index (χ1) is 15.3. The lowest BCUT2D eigenvalue weighted by Crippen LogP contribution is -2.30. The second-order valence-corrected chi connectivity index (χ2v) is 8.39. The van der Waals surface area contributed by atoms with Gasteiger partial charge in [0.25, 0.3) is 0 Å². The molecule has 0 bridgehead atoms. The molecule has 10 heteroatoms. The number of para-hydroxylation sites is 1. The molecule has 164 valence electrons. The first-order valence-electron chi connectivity index (χ1n) is 9.95. The van der Waals surface area contributed by atoms with E-state index in [1.165, 1.54) is 4.68 Å².